The van der Waals surface area contributed by atoms with Crippen molar-refractivity contribution < 1.29 is 9.53 Å². The Morgan fingerprint density at radius 1 is 0.966 bits per heavy atom. The highest BCUT2D eigenvalue weighted by atomic mass is 16.5. The molecule has 1 atom stereocenters. The molecule has 29 heavy (non-hydrogen) atoms. The zero-order valence-electron chi connectivity index (χ0n) is 17.3. The first-order valence-electron chi connectivity index (χ1n) is 9.47. The molecule has 3 aromatic rings. The Bertz CT molecular complexity index is 1120. The number of aromatic nitrogens is 2. The molecule has 0 aliphatic carbocycles. The van der Waals surface area contributed by atoms with Crippen LogP contribution in [0.3, 0.4) is 0 Å². The number of amides is 1. The third-order valence-corrected chi connectivity index (χ3v) is 4.82. The molecule has 3 rings (SSSR count). The van der Waals surface area contributed by atoms with Crippen LogP contribution < -0.4 is 15.6 Å². The van der Waals surface area contributed by atoms with Gasteiger partial charge in [0.1, 0.15) is 0 Å². The quantitative estimate of drug-likeness (QED) is 0.716. The summed E-state index contributed by atoms with van der Waals surface area (Å²) in [6, 6.07) is 14.3. The first-order chi connectivity index (χ1) is 13.7. The molecule has 1 heterocycles. The highest BCUT2D eigenvalue weighted by Crippen LogP contribution is 2.17. The van der Waals surface area contributed by atoms with Crippen LogP contribution in [0.2, 0.25) is 0 Å². The number of hydrogen-bond acceptors (Lipinski definition) is 4. The molecule has 0 saturated carbocycles. The van der Waals surface area contributed by atoms with Crippen molar-refractivity contribution in [3.05, 3.63) is 81.1 Å². The molecule has 1 N–H and O–H groups in total. The summed E-state index contributed by atoms with van der Waals surface area (Å²) in [5.74, 6) is -0.0891. The van der Waals surface area contributed by atoms with Crippen LogP contribution in [-0.2, 0) is 4.79 Å². The van der Waals surface area contributed by atoms with Gasteiger partial charge in [0, 0.05) is 17.8 Å². The summed E-state index contributed by atoms with van der Waals surface area (Å²) in [6.07, 6.45) is -0.783. The Morgan fingerprint density at radius 2 is 1.72 bits per heavy atom. The van der Waals surface area contributed by atoms with E-state index in [0.717, 1.165) is 27.9 Å². The Hall–Kier alpha value is -3.41. The summed E-state index contributed by atoms with van der Waals surface area (Å²) in [5.41, 5.74) is 5.41. The number of carbonyl (C=O) groups is 1. The zero-order valence-corrected chi connectivity index (χ0v) is 17.3. The number of nitrogens with one attached hydrogen (secondary N) is 1. The Kier molecular flexibility index (Phi) is 5.82. The highest BCUT2D eigenvalue weighted by molar-refractivity contribution is 5.94. The van der Waals surface area contributed by atoms with Crippen molar-refractivity contribution >= 4 is 11.6 Å². The van der Waals surface area contributed by atoms with E-state index < -0.39 is 6.10 Å². The maximum Gasteiger partial charge on any atom is 0.271 e. The molecule has 1 amide bonds. The average molecular weight is 391 g/mol. The normalized spacial score (nSPS) is 11.8. The molecule has 0 unspecified atom stereocenters. The van der Waals surface area contributed by atoms with Gasteiger partial charge in [0.15, 0.2) is 6.10 Å². The van der Waals surface area contributed by atoms with Gasteiger partial charge in [0.05, 0.1) is 5.69 Å². The van der Waals surface area contributed by atoms with Gasteiger partial charge in [-0.3, -0.25) is 9.59 Å². The fourth-order valence-electron chi connectivity index (χ4n) is 2.92. The predicted octanol–water partition coefficient (Wildman–Crippen LogP) is 3.87. The van der Waals surface area contributed by atoms with Crippen molar-refractivity contribution in [3.8, 4) is 11.6 Å². The van der Waals surface area contributed by atoms with E-state index in [4.69, 9.17) is 4.74 Å². The van der Waals surface area contributed by atoms with E-state index >= 15 is 0 Å². The second-order valence-electron chi connectivity index (χ2n) is 7.26. The van der Waals surface area contributed by atoms with Crippen LogP contribution in [0.25, 0.3) is 5.69 Å². The predicted molar refractivity (Wildman–Crippen MR) is 114 cm³/mol. The van der Waals surface area contributed by atoms with Crippen molar-refractivity contribution in [1.29, 1.82) is 0 Å². The van der Waals surface area contributed by atoms with E-state index in [0.29, 0.717) is 5.69 Å². The SMILES string of the molecule is Cc1ccc(NC(=O)[C@H](C)Oc2ccc(=O)n(-c3ccc(C)c(C)c3)n2)c(C)c1. The number of anilines is 1. The minimum atomic E-state index is -0.783. The fourth-order valence-corrected chi connectivity index (χ4v) is 2.92. The van der Waals surface area contributed by atoms with E-state index in [1.165, 1.54) is 16.8 Å². The standard InChI is InChI=1S/C23H25N3O3/c1-14-6-9-20(17(4)12-14)24-23(28)18(5)29-21-10-11-22(27)26(25-21)19-8-7-15(2)16(3)13-19/h6-13,18H,1-5H3,(H,24,28)/t18-/m0/s1. The number of rotatable bonds is 5. The molecule has 6 nitrogen and oxygen atoms in total. The molecular formula is C23H25N3O3. The second-order valence-corrected chi connectivity index (χ2v) is 7.26. The summed E-state index contributed by atoms with van der Waals surface area (Å²) in [6.45, 7) is 9.57. The van der Waals surface area contributed by atoms with Crippen LogP contribution in [0.5, 0.6) is 5.88 Å². The van der Waals surface area contributed by atoms with Gasteiger partial charge < -0.3 is 10.1 Å². The van der Waals surface area contributed by atoms with Gasteiger partial charge in [0.25, 0.3) is 11.5 Å². The number of hydrogen-bond donors (Lipinski definition) is 1. The molecule has 0 radical (unpaired) electrons. The number of benzene rings is 2. The molecule has 0 aliphatic heterocycles. The summed E-state index contributed by atoms with van der Waals surface area (Å²) in [7, 11) is 0. The Labute approximate surface area is 170 Å². The van der Waals surface area contributed by atoms with Crippen molar-refractivity contribution in [2.45, 2.75) is 40.7 Å². The second kappa shape index (κ2) is 8.31. The number of nitrogens with zero attached hydrogens (tertiary/aromatic N) is 2. The summed E-state index contributed by atoms with van der Waals surface area (Å²) in [5, 5.41) is 7.14. The Morgan fingerprint density at radius 3 is 2.41 bits per heavy atom. The van der Waals surface area contributed by atoms with Gasteiger partial charge in [-0.1, -0.05) is 23.8 Å². The smallest absolute Gasteiger partial charge is 0.271 e. The minimum Gasteiger partial charge on any atom is -0.463 e. The van der Waals surface area contributed by atoms with E-state index in [2.05, 4.69) is 10.4 Å². The van der Waals surface area contributed by atoms with Crippen LogP contribution in [0, 0.1) is 27.7 Å². The Balaban J connectivity index is 1.78. The van der Waals surface area contributed by atoms with Gasteiger partial charge in [0.2, 0.25) is 5.88 Å². The summed E-state index contributed by atoms with van der Waals surface area (Å²) < 4.78 is 6.97. The lowest BCUT2D eigenvalue weighted by Crippen LogP contribution is -2.31. The first-order valence-corrected chi connectivity index (χ1v) is 9.47. The van der Waals surface area contributed by atoms with Gasteiger partial charge >= 0.3 is 0 Å². The molecular weight excluding hydrogens is 366 g/mol. The van der Waals surface area contributed by atoms with Crippen LogP contribution in [-0.4, -0.2) is 21.8 Å². The minimum absolute atomic E-state index is 0.200. The summed E-state index contributed by atoms with van der Waals surface area (Å²) >= 11 is 0. The first kappa shape index (κ1) is 20.3. The molecule has 1 aromatic heterocycles. The molecule has 6 heteroatoms. The van der Waals surface area contributed by atoms with E-state index in [9.17, 15) is 9.59 Å². The third kappa shape index (κ3) is 4.71. The van der Waals surface area contributed by atoms with E-state index in [1.54, 1.807) is 6.92 Å². The maximum atomic E-state index is 12.5. The van der Waals surface area contributed by atoms with Crippen LogP contribution in [0.4, 0.5) is 5.69 Å². The zero-order chi connectivity index (χ0) is 21.1. The van der Waals surface area contributed by atoms with Gasteiger partial charge in [-0.25, -0.2) is 0 Å². The fraction of sp³-hybridized carbons (Fsp3) is 0.261. The summed E-state index contributed by atoms with van der Waals surface area (Å²) in [4.78, 5) is 24.8. The van der Waals surface area contributed by atoms with Crippen molar-refractivity contribution in [2.75, 3.05) is 5.32 Å². The monoisotopic (exact) mass is 391 g/mol. The van der Waals surface area contributed by atoms with Gasteiger partial charge in [-0.15, -0.1) is 5.10 Å². The number of carbonyl (C=O) groups excluding carboxylic acids is 1. The molecule has 0 aliphatic rings. The molecule has 0 fully saturated rings. The largest absolute Gasteiger partial charge is 0.463 e. The van der Waals surface area contributed by atoms with E-state index in [1.807, 2.05) is 64.1 Å². The highest BCUT2D eigenvalue weighted by Gasteiger charge is 2.17. The molecule has 0 spiro atoms. The third-order valence-electron chi connectivity index (χ3n) is 4.82. The molecule has 0 bridgehead atoms. The topological polar surface area (TPSA) is 73.2 Å². The molecule has 150 valence electrons. The average Bonchev–Trinajstić information content (AvgIpc) is 2.67. The van der Waals surface area contributed by atoms with Crippen molar-refractivity contribution in [3.63, 3.8) is 0 Å². The van der Waals surface area contributed by atoms with Crippen LogP contribution in [0.15, 0.2) is 53.3 Å². The lowest BCUT2D eigenvalue weighted by molar-refractivity contribution is -0.122. The van der Waals surface area contributed by atoms with E-state index in [-0.39, 0.29) is 17.3 Å². The number of ether oxygens (including phenoxy) is 1. The molecule has 0 saturated heterocycles. The van der Waals surface area contributed by atoms with Crippen molar-refractivity contribution in [1.82, 2.24) is 9.78 Å². The number of aryl methyl sites for hydroxylation is 4. The lowest BCUT2D eigenvalue weighted by Gasteiger charge is -2.16. The van der Waals surface area contributed by atoms with Crippen molar-refractivity contribution in [2.24, 2.45) is 0 Å². The molecule has 2 aromatic carbocycles. The van der Waals surface area contributed by atoms with Crippen LogP contribution >= 0.6 is 0 Å². The van der Waals surface area contributed by atoms with Gasteiger partial charge in [-0.2, -0.15) is 4.68 Å². The van der Waals surface area contributed by atoms with Crippen LogP contribution in [0.1, 0.15) is 29.2 Å². The maximum absolute atomic E-state index is 12.5. The van der Waals surface area contributed by atoms with Gasteiger partial charge in [-0.05, 0) is 69.5 Å². The lowest BCUT2D eigenvalue weighted by atomic mass is 10.1.